The first kappa shape index (κ1) is 15.8. The first-order valence-corrected chi connectivity index (χ1v) is 7.22. The van der Waals surface area contributed by atoms with Crippen LogP contribution in [0.1, 0.15) is 10.4 Å². The molecule has 0 radical (unpaired) electrons. The first-order valence-electron chi connectivity index (χ1n) is 5.23. The minimum Gasteiger partial charge on any atom is -0.351 e. The maximum atomic E-state index is 12.9. The average molecular weight is 310 g/mol. The first-order chi connectivity index (χ1) is 8.74. The average Bonchev–Trinajstić information content (AvgIpc) is 2.31. The van der Waals surface area contributed by atoms with Crippen molar-refractivity contribution in [1.29, 1.82) is 0 Å². The Morgan fingerprint density at radius 2 is 2.16 bits per heavy atom. The molecule has 0 aromatic carbocycles. The third-order valence-corrected chi connectivity index (χ3v) is 4.39. The number of carbonyl (C=O) groups excluding carboxylic acids is 1. The van der Waals surface area contributed by atoms with Crippen LogP contribution in [-0.2, 0) is 10.0 Å². The second-order valence-corrected chi connectivity index (χ2v) is 6.51. The van der Waals surface area contributed by atoms with E-state index in [0.717, 1.165) is 16.6 Å². The smallest absolute Gasteiger partial charge is 0.254 e. The minimum atomic E-state index is -3.40. The van der Waals surface area contributed by atoms with E-state index in [1.54, 1.807) is 0 Å². The van der Waals surface area contributed by atoms with Crippen molar-refractivity contribution in [2.45, 2.75) is 0 Å². The fourth-order valence-corrected chi connectivity index (χ4v) is 2.07. The van der Waals surface area contributed by atoms with Crippen LogP contribution in [0.25, 0.3) is 0 Å². The lowest BCUT2D eigenvalue weighted by Gasteiger charge is -2.11. The number of carbonyl (C=O) groups is 1. The molecule has 0 saturated heterocycles. The molecule has 9 heteroatoms. The highest BCUT2D eigenvalue weighted by atomic mass is 35.5. The van der Waals surface area contributed by atoms with Crippen molar-refractivity contribution in [3.05, 3.63) is 28.8 Å². The number of sulfonamides is 1. The van der Waals surface area contributed by atoms with Crippen molar-refractivity contribution in [3.63, 3.8) is 0 Å². The van der Waals surface area contributed by atoms with Gasteiger partial charge in [0.2, 0.25) is 10.0 Å². The predicted molar refractivity (Wildman–Crippen MR) is 69.0 cm³/mol. The van der Waals surface area contributed by atoms with E-state index in [4.69, 9.17) is 11.6 Å². The van der Waals surface area contributed by atoms with Crippen LogP contribution in [0.4, 0.5) is 4.39 Å². The van der Waals surface area contributed by atoms with Gasteiger partial charge in [0.1, 0.15) is 11.0 Å². The molecule has 0 saturated carbocycles. The summed E-state index contributed by atoms with van der Waals surface area (Å²) in [6.07, 6.45) is 0.885. The van der Waals surface area contributed by atoms with E-state index < -0.39 is 21.7 Å². The van der Waals surface area contributed by atoms with Gasteiger partial charge in [0, 0.05) is 20.6 Å². The summed E-state index contributed by atoms with van der Waals surface area (Å²) in [6, 6.07) is 0.936. The van der Waals surface area contributed by atoms with Crippen molar-refractivity contribution < 1.29 is 17.6 Å². The van der Waals surface area contributed by atoms with E-state index >= 15 is 0 Å². The number of halogens is 2. The summed E-state index contributed by atoms with van der Waals surface area (Å²) in [6.45, 7) is -0.105. The molecule has 1 heterocycles. The van der Waals surface area contributed by atoms with Crippen LogP contribution in [0.2, 0.25) is 5.15 Å². The molecule has 1 rings (SSSR count). The number of hydrogen-bond donors (Lipinski definition) is 1. The van der Waals surface area contributed by atoms with Crippen LogP contribution in [-0.4, -0.2) is 50.0 Å². The van der Waals surface area contributed by atoms with E-state index in [0.29, 0.717) is 0 Å². The fourth-order valence-electron chi connectivity index (χ4n) is 1.15. The largest absolute Gasteiger partial charge is 0.351 e. The Labute approximate surface area is 115 Å². The minimum absolute atomic E-state index is 0.105. The molecule has 1 amide bonds. The summed E-state index contributed by atoms with van der Waals surface area (Å²) in [5, 5.41) is 2.20. The molecule has 1 aromatic rings. The Morgan fingerprint density at radius 1 is 1.53 bits per heavy atom. The van der Waals surface area contributed by atoms with Gasteiger partial charge in [0.15, 0.2) is 0 Å². The number of hydrogen-bond acceptors (Lipinski definition) is 4. The Kier molecular flexibility index (Phi) is 5.21. The lowest BCUT2D eigenvalue weighted by molar-refractivity contribution is 0.0955. The standard InChI is InChI=1S/C10H13ClFN3O3S/c1-15(2)19(17,18)4-3-13-10(16)8-5-7(12)6-14-9(8)11/h5-6H,3-4H2,1-2H3,(H,13,16). The Hall–Kier alpha value is -1.25. The van der Waals surface area contributed by atoms with Crippen LogP contribution in [0.15, 0.2) is 12.3 Å². The van der Waals surface area contributed by atoms with Crippen LogP contribution in [0.3, 0.4) is 0 Å². The Morgan fingerprint density at radius 3 is 2.74 bits per heavy atom. The topological polar surface area (TPSA) is 79.4 Å². The highest BCUT2D eigenvalue weighted by molar-refractivity contribution is 7.89. The van der Waals surface area contributed by atoms with E-state index in [2.05, 4.69) is 10.3 Å². The van der Waals surface area contributed by atoms with Gasteiger partial charge < -0.3 is 5.32 Å². The van der Waals surface area contributed by atoms with Gasteiger partial charge in [-0.25, -0.2) is 22.1 Å². The zero-order chi connectivity index (χ0) is 14.6. The van der Waals surface area contributed by atoms with Crippen molar-refractivity contribution in [2.75, 3.05) is 26.4 Å². The van der Waals surface area contributed by atoms with E-state index in [1.165, 1.54) is 14.1 Å². The number of aromatic nitrogens is 1. The van der Waals surface area contributed by atoms with Gasteiger partial charge in [-0.2, -0.15) is 0 Å². The third-order valence-electron chi connectivity index (χ3n) is 2.25. The van der Waals surface area contributed by atoms with Crippen molar-refractivity contribution in [3.8, 4) is 0 Å². The van der Waals surface area contributed by atoms with Gasteiger partial charge in [0.05, 0.1) is 17.5 Å². The van der Waals surface area contributed by atoms with E-state index in [1.807, 2.05) is 0 Å². The van der Waals surface area contributed by atoms with Gasteiger partial charge in [-0.15, -0.1) is 0 Å². The molecule has 0 fully saturated rings. The molecule has 106 valence electrons. The molecule has 0 aliphatic rings. The van der Waals surface area contributed by atoms with Gasteiger partial charge >= 0.3 is 0 Å². The highest BCUT2D eigenvalue weighted by Gasteiger charge is 2.16. The molecule has 0 unspecified atom stereocenters. The monoisotopic (exact) mass is 309 g/mol. The lowest BCUT2D eigenvalue weighted by atomic mass is 10.2. The summed E-state index contributed by atoms with van der Waals surface area (Å²) >= 11 is 5.65. The summed E-state index contributed by atoms with van der Waals surface area (Å²) in [7, 11) is -0.612. The van der Waals surface area contributed by atoms with E-state index in [-0.39, 0.29) is 23.0 Å². The summed E-state index contributed by atoms with van der Waals surface area (Å²) in [5.41, 5.74) is -0.135. The van der Waals surface area contributed by atoms with Crippen LogP contribution < -0.4 is 5.32 Å². The maximum absolute atomic E-state index is 12.9. The molecular formula is C10H13ClFN3O3S. The fraction of sp³-hybridized carbons (Fsp3) is 0.400. The molecule has 1 N–H and O–H groups in total. The lowest BCUT2D eigenvalue weighted by Crippen LogP contribution is -2.34. The summed E-state index contributed by atoms with van der Waals surface area (Å²) in [5.74, 6) is -1.63. The third kappa shape index (κ3) is 4.41. The zero-order valence-corrected chi connectivity index (χ0v) is 11.9. The molecule has 0 atom stereocenters. The number of amides is 1. The SMILES string of the molecule is CN(C)S(=O)(=O)CCNC(=O)c1cc(F)cnc1Cl. The zero-order valence-electron chi connectivity index (χ0n) is 10.4. The van der Waals surface area contributed by atoms with Gasteiger partial charge in [0.25, 0.3) is 5.91 Å². The van der Waals surface area contributed by atoms with Crippen molar-refractivity contribution in [2.24, 2.45) is 0 Å². The molecule has 19 heavy (non-hydrogen) atoms. The van der Waals surface area contributed by atoms with E-state index in [9.17, 15) is 17.6 Å². The Balaban J connectivity index is 2.64. The molecule has 0 spiro atoms. The Bertz CT molecular complexity index is 577. The van der Waals surface area contributed by atoms with Crippen LogP contribution >= 0.6 is 11.6 Å². The normalized spacial score (nSPS) is 11.6. The van der Waals surface area contributed by atoms with Gasteiger partial charge in [-0.1, -0.05) is 11.6 Å². The van der Waals surface area contributed by atoms with Gasteiger partial charge in [-0.05, 0) is 6.07 Å². The molecule has 0 bridgehead atoms. The number of pyridine rings is 1. The number of nitrogens with zero attached hydrogens (tertiary/aromatic N) is 2. The summed E-state index contributed by atoms with van der Waals surface area (Å²) < 4.78 is 36.9. The molecule has 0 aliphatic carbocycles. The number of nitrogens with one attached hydrogen (secondary N) is 1. The van der Waals surface area contributed by atoms with Gasteiger partial charge in [-0.3, -0.25) is 4.79 Å². The molecule has 6 nitrogen and oxygen atoms in total. The van der Waals surface area contributed by atoms with Crippen molar-refractivity contribution >= 4 is 27.5 Å². The van der Waals surface area contributed by atoms with Crippen LogP contribution in [0, 0.1) is 5.82 Å². The number of rotatable bonds is 5. The molecule has 0 aliphatic heterocycles. The summed E-state index contributed by atoms with van der Waals surface area (Å²) in [4.78, 5) is 15.2. The predicted octanol–water partition coefficient (Wildman–Crippen LogP) is 0.495. The molecular weight excluding hydrogens is 297 g/mol. The van der Waals surface area contributed by atoms with Crippen molar-refractivity contribution in [1.82, 2.24) is 14.6 Å². The second kappa shape index (κ2) is 6.27. The quantitative estimate of drug-likeness (QED) is 0.803. The maximum Gasteiger partial charge on any atom is 0.254 e. The highest BCUT2D eigenvalue weighted by Crippen LogP contribution is 2.13. The molecule has 1 aromatic heterocycles. The second-order valence-electron chi connectivity index (χ2n) is 3.85. The van der Waals surface area contributed by atoms with Crippen LogP contribution in [0.5, 0.6) is 0 Å².